The number of quaternary nitrogens is 1. The standard InChI is InChI=1S/C3H9NO3S/c1-4(2)3-8(5,6)7/h3H2,1-2H3,(H,5,6,7). The van der Waals surface area contributed by atoms with Crippen LogP contribution in [0.2, 0.25) is 0 Å². The topological polar surface area (TPSA) is 61.6 Å². The van der Waals surface area contributed by atoms with Crippen LogP contribution in [0, 0.1) is 0 Å². The predicted octanol–water partition coefficient (Wildman–Crippen LogP) is -2.37. The second-order valence-corrected chi connectivity index (χ2v) is 3.31. The van der Waals surface area contributed by atoms with Crippen LogP contribution >= 0.6 is 0 Å². The summed E-state index contributed by atoms with van der Waals surface area (Å²) in [5.74, 6) is -0.340. The Labute approximate surface area is 48.9 Å². The highest BCUT2D eigenvalue weighted by Gasteiger charge is 1.97. The third-order valence-corrected chi connectivity index (χ3v) is 1.40. The van der Waals surface area contributed by atoms with Crippen LogP contribution in [0.4, 0.5) is 0 Å². The summed E-state index contributed by atoms with van der Waals surface area (Å²) in [5, 5.41) is 0. The molecule has 0 aliphatic rings. The Morgan fingerprint density at radius 3 is 1.88 bits per heavy atom. The minimum Gasteiger partial charge on any atom is -0.744 e. The Morgan fingerprint density at radius 1 is 1.50 bits per heavy atom. The van der Waals surface area contributed by atoms with Crippen LogP contribution in [0.5, 0.6) is 0 Å². The maximum atomic E-state index is 9.87. The lowest BCUT2D eigenvalue weighted by Crippen LogP contribution is -3.06. The number of hydrogen-bond donors (Lipinski definition) is 1. The molecule has 0 aliphatic heterocycles. The SMILES string of the molecule is C[NH+](C)CS(=O)(=O)[O-]. The van der Waals surface area contributed by atoms with E-state index in [-0.39, 0.29) is 5.88 Å². The van der Waals surface area contributed by atoms with Crippen molar-refractivity contribution in [1.29, 1.82) is 0 Å². The summed E-state index contributed by atoms with van der Waals surface area (Å²) < 4.78 is 29.6. The molecule has 0 unspecified atom stereocenters. The Bertz CT molecular complexity index is 148. The first kappa shape index (κ1) is 7.87. The molecule has 4 nitrogen and oxygen atoms in total. The molecule has 0 fully saturated rings. The molecule has 0 heterocycles. The second-order valence-electron chi connectivity index (χ2n) is 1.91. The molecule has 0 aromatic carbocycles. The van der Waals surface area contributed by atoms with Crippen molar-refractivity contribution in [3.05, 3.63) is 0 Å². The van der Waals surface area contributed by atoms with Crippen LogP contribution < -0.4 is 4.90 Å². The lowest BCUT2D eigenvalue weighted by Gasteiger charge is -2.09. The van der Waals surface area contributed by atoms with Crippen molar-refractivity contribution < 1.29 is 17.9 Å². The fourth-order valence-electron chi connectivity index (χ4n) is 0.354. The molecule has 0 saturated heterocycles. The van der Waals surface area contributed by atoms with Crippen molar-refractivity contribution in [2.24, 2.45) is 0 Å². The Morgan fingerprint density at radius 2 is 1.88 bits per heavy atom. The van der Waals surface area contributed by atoms with E-state index in [0.717, 1.165) is 0 Å². The van der Waals surface area contributed by atoms with Gasteiger partial charge in [-0.15, -0.1) is 0 Å². The summed E-state index contributed by atoms with van der Waals surface area (Å²) in [6.45, 7) is 0. The van der Waals surface area contributed by atoms with Gasteiger partial charge in [-0.3, -0.25) is 0 Å². The van der Waals surface area contributed by atoms with Crippen molar-refractivity contribution in [1.82, 2.24) is 0 Å². The lowest BCUT2D eigenvalue weighted by atomic mass is 11.0. The smallest absolute Gasteiger partial charge is 0.167 e. The van der Waals surface area contributed by atoms with E-state index in [0.29, 0.717) is 4.90 Å². The molecule has 8 heavy (non-hydrogen) atoms. The number of rotatable bonds is 2. The number of nitrogens with one attached hydrogen (secondary N) is 1. The molecule has 0 rings (SSSR count). The summed E-state index contributed by atoms with van der Waals surface area (Å²) in [4.78, 5) is 0.625. The Hall–Kier alpha value is -0.130. The van der Waals surface area contributed by atoms with Gasteiger partial charge in [0.25, 0.3) is 0 Å². The van der Waals surface area contributed by atoms with E-state index in [1.807, 2.05) is 0 Å². The van der Waals surface area contributed by atoms with E-state index in [4.69, 9.17) is 0 Å². The van der Waals surface area contributed by atoms with E-state index in [2.05, 4.69) is 0 Å². The minimum absolute atomic E-state index is 0.340. The van der Waals surface area contributed by atoms with Crippen LogP contribution in [-0.4, -0.2) is 32.9 Å². The van der Waals surface area contributed by atoms with Crippen LogP contribution in [0.25, 0.3) is 0 Å². The molecular formula is C3H9NO3S. The van der Waals surface area contributed by atoms with Crippen molar-refractivity contribution >= 4 is 10.1 Å². The minimum atomic E-state index is -4.01. The van der Waals surface area contributed by atoms with E-state index < -0.39 is 10.1 Å². The average molecular weight is 139 g/mol. The fraction of sp³-hybridized carbons (Fsp3) is 1.00. The normalized spacial score (nSPS) is 12.5. The van der Waals surface area contributed by atoms with Crippen molar-refractivity contribution in [3.63, 3.8) is 0 Å². The highest BCUT2D eigenvalue weighted by atomic mass is 32.2. The van der Waals surface area contributed by atoms with E-state index in [1.165, 1.54) is 0 Å². The highest BCUT2D eigenvalue weighted by Crippen LogP contribution is 1.67. The van der Waals surface area contributed by atoms with Crippen LogP contribution in [-0.2, 0) is 10.1 Å². The van der Waals surface area contributed by atoms with Gasteiger partial charge in [-0.25, -0.2) is 8.42 Å². The molecule has 0 saturated carbocycles. The first-order valence-corrected chi connectivity index (χ1v) is 3.72. The summed E-state index contributed by atoms with van der Waals surface area (Å²) in [5.41, 5.74) is 0. The molecule has 0 aromatic rings. The number of hydrogen-bond acceptors (Lipinski definition) is 3. The Kier molecular flexibility index (Phi) is 2.39. The zero-order valence-electron chi connectivity index (χ0n) is 4.84. The van der Waals surface area contributed by atoms with Crippen molar-refractivity contribution in [2.45, 2.75) is 0 Å². The molecule has 0 amide bonds. The molecule has 0 aromatic heterocycles. The molecule has 0 bridgehead atoms. The summed E-state index contributed by atoms with van der Waals surface area (Å²) >= 11 is 0. The predicted molar refractivity (Wildman–Crippen MR) is 27.4 cm³/mol. The summed E-state index contributed by atoms with van der Waals surface area (Å²) in [6, 6.07) is 0. The first-order valence-electron chi connectivity index (χ1n) is 2.14. The largest absolute Gasteiger partial charge is 0.744 e. The highest BCUT2D eigenvalue weighted by molar-refractivity contribution is 7.85. The van der Waals surface area contributed by atoms with Gasteiger partial charge in [0.2, 0.25) is 0 Å². The van der Waals surface area contributed by atoms with Crippen LogP contribution in [0.15, 0.2) is 0 Å². The van der Waals surface area contributed by atoms with Gasteiger partial charge in [0.15, 0.2) is 5.88 Å². The first-order chi connectivity index (χ1) is 3.42. The monoisotopic (exact) mass is 139 g/mol. The van der Waals surface area contributed by atoms with Crippen molar-refractivity contribution in [3.8, 4) is 0 Å². The fourth-order valence-corrected chi connectivity index (χ4v) is 1.06. The third-order valence-electron chi connectivity index (χ3n) is 0.465. The molecule has 0 spiro atoms. The van der Waals surface area contributed by atoms with Gasteiger partial charge in [-0.1, -0.05) is 0 Å². The molecule has 0 aliphatic carbocycles. The zero-order chi connectivity index (χ0) is 6.78. The molecule has 50 valence electrons. The van der Waals surface area contributed by atoms with Crippen molar-refractivity contribution in [2.75, 3.05) is 20.0 Å². The molecular weight excluding hydrogens is 130 g/mol. The maximum Gasteiger partial charge on any atom is 0.167 e. The van der Waals surface area contributed by atoms with Gasteiger partial charge in [0.05, 0.1) is 14.1 Å². The van der Waals surface area contributed by atoms with E-state index >= 15 is 0 Å². The van der Waals surface area contributed by atoms with Gasteiger partial charge < -0.3 is 9.45 Å². The zero-order valence-corrected chi connectivity index (χ0v) is 5.66. The molecule has 0 radical (unpaired) electrons. The molecule has 0 atom stereocenters. The van der Waals surface area contributed by atoms with E-state index in [9.17, 15) is 13.0 Å². The summed E-state index contributed by atoms with van der Waals surface area (Å²) in [6.07, 6.45) is 0. The second kappa shape index (κ2) is 2.43. The van der Waals surface area contributed by atoms with E-state index in [1.54, 1.807) is 14.1 Å². The quantitative estimate of drug-likeness (QED) is 0.435. The third kappa shape index (κ3) is 5.87. The van der Waals surface area contributed by atoms with Gasteiger partial charge in [0.1, 0.15) is 10.1 Å². The summed E-state index contributed by atoms with van der Waals surface area (Å²) in [7, 11) is -0.797. The van der Waals surface area contributed by atoms with Gasteiger partial charge in [-0.2, -0.15) is 0 Å². The molecule has 1 N–H and O–H groups in total. The van der Waals surface area contributed by atoms with Crippen LogP contribution in [0.3, 0.4) is 0 Å². The lowest BCUT2D eigenvalue weighted by molar-refractivity contribution is -0.845. The maximum absolute atomic E-state index is 9.87. The average Bonchev–Trinajstić information content (AvgIpc) is 1.21. The van der Waals surface area contributed by atoms with Crippen LogP contribution in [0.1, 0.15) is 0 Å². The van der Waals surface area contributed by atoms with Gasteiger partial charge >= 0.3 is 0 Å². The van der Waals surface area contributed by atoms with Gasteiger partial charge in [0, 0.05) is 0 Å². The van der Waals surface area contributed by atoms with Gasteiger partial charge in [-0.05, 0) is 0 Å². The molecule has 5 heteroatoms. The Balaban J connectivity index is 3.75.